The zero-order valence-electron chi connectivity index (χ0n) is 15.3. The van der Waals surface area contributed by atoms with E-state index in [0.717, 1.165) is 35.8 Å². The van der Waals surface area contributed by atoms with Gasteiger partial charge < -0.3 is 16.0 Å². The predicted molar refractivity (Wildman–Crippen MR) is 107 cm³/mol. The smallest absolute Gasteiger partial charge is 0.270 e. The van der Waals surface area contributed by atoms with Crippen molar-refractivity contribution in [2.24, 2.45) is 5.73 Å². The first-order chi connectivity index (χ1) is 13.1. The van der Waals surface area contributed by atoms with Gasteiger partial charge in [0, 0.05) is 25.3 Å². The minimum absolute atomic E-state index is 0.137. The number of anilines is 1. The summed E-state index contributed by atoms with van der Waals surface area (Å²) in [5.74, 6) is 0.357. The van der Waals surface area contributed by atoms with Crippen molar-refractivity contribution >= 4 is 22.6 Å². The highest BCUT2D eigenvalue weighted by Gasteiger charge is 2.22. The molecule has 6 nitrogen and oxygen atoms in total. The number of hydrogen-bond donors (Lipinski definition) is 2. The molecule has 0 radical (unpaired) electrons. The minimum atomic E-state index is -0.206. The van der Waals surface area contributed by atoms with Gasteiger partial charge in [-0.05, 0) is 35.7 Å². The highest BCUT2D eigenvalue weighted by atomic mass is 16.1. The molecule has 1 aromatic heterocycles. The molecule has 1 fully saturated rings. The van der Waals surface area contributed by atoms with Crippen LogP contribution in [0.4, 0.5) is 5.95 Å². The standard InChI is InChI=1S/C21H23N5O/c1-14(17-8-4-6-15-5-2-3-7-18(15)17)24-20(27)19-9-11-23-21(25-19)26-12-10-16(22)13-26/h2-9,11,14,16H,10,12-13,22H2,1H3,(H,24,27)/t14-,16-/m1/s1. The van der Waals surface area contributed by atoms with Crippen molar-refractivity contribution in [3.05, 3.63) is 66.0 Å². The number of fused-ring (bicyclic) bond motifs is 1. The van der Waals surface area contributed by atoms with E-state index in [1.54, 1.807) is 12.3 Å². The molecule has 1 aliphatic rings. The second-order valence-electron chi connectivity index (χ2n) is 7.00. The minimum Gasteiger partial charge on any atom is -0.344 e. The normalized spacial score (nSPS) is 17.9. The van der Waals surface area contributed by atoms with Gasteiger partial charge in [-0.25, -0.2) is 9.97 Å². The van der Waals surface area contributed by atoms with Gasteiger partial charge in [-0.2, -0.15) is 0 Å². The lowest BCUT2D eigenvalue weighted by atomic mass is 9.99. The van der Waals surface area contributed by atoms with Gasteiger partial charge in [-0.15, -0.1) is 0 Å². The Morgan fingerprint density at radius 2 is 2.04 bits per heavy atom. The fourth-order valence-corrected chi connectivity index (χ4v) is 3.57. The van der Waals surface area contributed by atoms with E-state index < -0.39 is 0 Å². The van der Waals surface area contributed by atoms with Crippen molar-refractivity contribution in [3.63, 3.8) is 0 Å². The molecule has 27 heavy (non-hydrogen) atoms. The summed E-state index contributed by atoms with van der Waals surface area (Å²) in [7, 11) is 0. The number of rotatable bonds is 4. The Bertz CT molecular complexity index is 968. The van der Waals surface area contributed by atoms with E-state index in [9.17, 15) is 4.79 Å². The lowest BCUT2D eigenvalue weighted by molar-refractivity contribution is 0.0935. The van der Waals surface area contributed by atoms with E-state index in [2.05, 4.69) is 33.5 Å². The van der Waals surface area contributed by atoms with Crippen molar-refractivity contribution in [3.8, 4) is 0 Å². The number of nitrogens with two attached hydrogens (primary N) is 1. The van der Waals surface area contributed by atoms with E-state index in [4.69, 9.17) is 5.73 Å². The zero-order chi connectivity index (χ0) is 18.8. The lowest BCUT2D eigenvalue weighted by Gasteiger charge is -2.18. The number of nitrogens with zero attached hydrogens (tertiary/aromatic N) is 3. The fourth-order valence-electron chi connectivity index (χ4n) is 3.57. The second-order valence-corrected chi connectivity index (χ2v) is 7.00. The third-order valence-electron chi connectivity index (χ3n) is 5.02. The summed E-state index contributed by atoms with van der Waals surface area (Å²) >= 11 is 0. The van der Waals surface area contributed by atoms with Crippen molar-refractivity contribution in [2.75, 3.05) is 18.0 Å². The van der Waals surface area contributed by atoms with Crippen molar-refractivity contribution in [1.82, 2.24) is 15.3 Å². The predicted octanol–water partition coefficient (Wildman–Crippen LogP) is 2.66. The molecule has 1 saturated heterocycles. The van der Waals surface area contributed by atoms with E-state index in [-0.39, 0.29) is 18.0 Å². The van der Waals surface area contributed by atoms with Gasteiger partial charge >= 0.3 is 0 Å². The van der Waals surface area contributed by atoms with Crippen LogP contribution in [0, 0.1) is 0 Å². The molecular weight excluding hydrogens is 338 g/mol. The van der Waals surface area contributed by atoms with Crippen LogP contribution in [-0.4, -0.2) is 35.0 Å². The van der Waals surface area contributed by atoms with Crippen LogP contribution < -0.4 is 16.0 Å². The van der Waals surface area contributed by atoms with Gasteiger partial charge in [-0.1, -0.05) is 42.5 Å². The van der Waals surface area contributed by atoms with Gasteiger partial charge in [0.2, 0.25) is 5.95 Å². The van der Waals surface area contributed by atoms with Crippen LogP contribution in [-0.2, 0) is 0 Å². The highest BCUT2D eigenvalue weighted by molar-refractivity contribution is 5.93. The highest BCUT2D eigenvalue weighted by Crippen LogP contribution is 2.24. The summed E-state index contributed by atoms with van der Waals surface area (Å²) < 4.78 is 0. The quantitative estimate of drug-likeness (QED) is 0.746. The molecule has 0 spiro atoms. The molecule has 1 amide bonds. The number of aromatic nitrogens is 2. The summed E-state index contributed by atoms with van der Waals surface area (Å²) in [5.41, 5.74) is 7.41. The topological polar surface area (TPSA) is 84.1 Å². The van der Waals surface area contributed by atoms with Crippen LogP contribution in [0.1, 0.15) is 35.4 Å². The molecule has 138 valence electrons. The van der Waals surface area contributed by atoms with Gasteiger partial charge in [-0.3, -0.25) is 4.79 Å². The summed E-state index contributed by atoms with van der Waals surface area (Å²) in [5, 5.41) is 5.36. The first-order valence-corrected chi connectivity index (χ1v) is 9.24. The molecule has 1 aliphatic heterocycles. The Kier molecular flexibility index (Phi) is 4.73. The number of amides is 1. The van der Waals surface area contributed by atoms with Crippen LogP contribution >= 0.6 is 0 Å². The third-order valence-corrected chi connectivity index (χ3v) is 5.02. The zero-order valence-corrected chi connectivity index (χ0v) is 15.3. The summed E-state index contributed by atoms with van der Waals surface area (Å²) in [6.45, 7) is 3.53. The number of hydrogen-bond acceptors (Lipinski definition) is 5. The molecule has 0 saturated carbocycles. The van der Waals surface area contributed by atoms with Crippen LogP contribution in [0.5, 0.6) is 0 Å². The van der Waals surface area contributed by atoms with Crippen LogP contribution in [0.15, 0.2) is 54.7 Å². The van der Waals surface area contributed by atoms with E-state index in [1.807, 2.05) is 36.1 Å². The summed E-state index contributed by atoms with van der Waals surface area (Å²) in [4.78, 5) is 23.5. The van der Waals surface area contributed by atoms with Gasteiger partial charge in [0.25, 0.3) is 5.91 Å². The maximum Gasteiger partial charge on any atom is 0.270 e. The van der Waals surface area contributed by atoms with Crippen LogP contribution in [0.25, 0.3) is 10.8 Å². The first-order valence-electron chi connectivity index (χ1n) is 9.24. The third kappa shape index (κ3) is 3.61. The molecule has 4 rings (SSSR count). The fraction of sp³-hybridized carbons (Fsp3) is 0.286. The van der Waals surface area contributed by atoms with Gasteiger partial charge in [0.05, 0.1) is 6.04 Å². The lowest BCUT2D eigenvalue weighted by Crippen LogP contribution is -2.30. The Morgan fingerprint density at radius 1 is 1.22 bits per heavy atom. The average molecular weight is 361 g/mol. The van der Waals surface area contributed by atoms with Crippen LogP contribution in [0.2, 0.25) is 0 Å². The molecule has 3 aromatic rings. The Labute approximate surface area is 158 Å². The van der Waals surface area contributed by atoms with Gasteiger partial charge in [0.15, 0.2) is 0 Å². The van der Waals surface area contributed by atoms with Crippen LogP contribution in [0.3, 0.4) is 0 Å². The van der Waals surface area contributed by atoms with Crippen molar-refractivity contribution in [2.45, 2.75) is 25.4 Å². The summed E-state index contributed by atoms with van der Waals surface area (Å²) in [6.07, 6.45) is 2.54. The van der Waals surface area contributed by atoms with E-state index in [0.29, 0.717) is 11.6 Å². The molecule has 2 heterocycles. The molecule has 2 aromatic carbocycles. The van der Waals surface area contributed by atoms with E-state index >= 15 is 0 Å². The maximum absolute atomic E-state index is 12.8. The molecule has 2 atom stereocenters. The molecular formula is C21H23N5O. The number of carbonyl (C=O) groups is 1. The second kappa shape index (κ2) is 7.32. The Hall–Kier alpha value is -2.99. The average Bonchev–Trinajstić information content (AvgIpc) is 3.14. The Morgan fingerprint density at radius 3 is 2.85 bits per heavy atom. The van der Waals surface area contributed by atoms with E-state index in [1.165, 1.54) is 0 Å². The molecule has 0 aliphatic carbocycles. The maximum atomic E-state index is 12.8. The molecule has 0 bridgehead atoms. The summed E-state index contributed by atoms with van der Waals surface area (Å²) in [6, 6.07) is 16.0. The Balaban J connectivity index is 1.53. The first kappa shape index (κ1) is 17.4. The number of carbonyl (C=O) groups excluding carboxylic acids is 1. The van der Waals surface area contributed by atoms with Crippen molar-refractivity contribution < 1.29 is 4.79 Å². The monoisotopic (exact) mass is 361 g/mol. The van der Waals surface area contributed by atoms with Gasteiger partial charge in [0.1, 0.15) is 5.69 Å². The number of nitrogens with one attached hydrogen (secondary N) is 1. The van der Waals surface area contributed by atoms with Crippen molar-refractivity contribution in [1.29, 1.82) is 0 Å². The number of benzene rings is 2. The molecule has 6 heteroatoms. The largest absolute Gasteiger partial charge is 0.344 e. The molecule has 0 unspecified atom stereocenters. The SMILES string of the molecule is C[C@@H](NC(=O)c1ccnc(N2CC[C@@H](N)C2)n1)c1cccc2ccccc12. The molecule has 3 N–H and O–H groups in total.